The van der Waals surface area contributed by atoms with Gasteiger partial charge in [-0.25, -0.2) is 4.79 Å². The second-order valence-corrected chi connectivity index (χ2v) is 6.81. The molecule has 0 unspecified atom stereocenters. The van der Waals surface area contributed by atoms with E-state index in [2.05, 4.69) is 11.4 Å². The van der Waals surface area contributed by atoms with Crippen LogP contribution in [-0.2, 0) is 16.0 Å². The van der Waals surface area contributed by atoms with Crippen molar-refractivity contribution in [3.63, 3.8) is 0 Å². The first kappa shape index (κ1) is 20.7. The van der Waals surface area contributed by atoms with Gasteiger partial charge in [-0.1, -0.05) is 24.3 Å². The summed E-state index contributed by atoms with van der Waals surface area (Å²) in [7, 11) is 0. The van der Waals surface area contributed by atoms with Crippen molar-refractivity contribution >= 4 is 11.9 Å². The summed E-state index contributed by atoms with van der Waals surface area (Å²) in [4.78, 5) is 24.7. The molecule has 1 aliphatic carbocycles. The molecule has 29 heavy (non-hydrogen) atoms. The molecule has 0 spiro atoms. The monoisotopic (exact) mass is 397 g/mol. The summed E-state index contributed by atoms with van der Waals surface area (Å²) in [5, 5.41) is 2.98. The van der Waals surface area contributed by atoms with Gasteiger partial charge < -0.3 is 19.5 Å². The summed E-state index contributed by atoms with van der Waals surface area (Å²) in [5.41, 5.74) is 2.72. The van der Waals surface area contributed by atoms with Crippen LogP contribution in [0.4, 0.5) is 0 Å². The van der Waals surface area contributed by atoms with Gasteiger partial charge in [-0.15, -0.1) is 0 Å². The quantitative estimate of drug-likeness (QED) is 0.685. The molecule has 0 aliphatic heterocycles. The van der Waals surface area contributed by atoms with Crippen molar-refractivity contribution in [3.05, 3.63) is 59.2 Å². The summed E-state index contributed by atoms with van der Waals surface area (Å²) in [5.74, 6) is 0.163. The van der Waals surface area contributed by atoms with Crippen LogP contribution < -0.4 is 14.8 Å². The third-order valence-corrected chi connectivity index (χ3v) is 4.82. The Kier molecular flexibility index (Phi) is 7.11. The van der Waals surface area contributed by atoms with Gasteiger partial charge in [0.15, 0.2) is 18.1 Å². The Morgan fingerprint density at radius 3 is 2.59 bits per heavy atom. The van der Waals surface area contributed by atoms with Crippen molar-refractivity contribution < 1.29 is 23.8 Å². The average molecular weight is 397 g/mol. The summed E-state index contributed by atoms with van der Waals surface area (Å²) in [6.45, 7) is 4.35. The number of carbonyl (C=O) groups is 2. The lowest BCUT2D eigenvalue weighted by Gasteiger charge is -2.26. The predicted octanol–water partition coefficient (Wildman–Crippen LogP) is 3.83. The Morgan fingerprint density at radius 1 is 1.03 bits per heavy atom. The van der Waals surface area contributed by atoms with Crippen LogP contribution >= 0.6 is 0 Å². The SMILES string of the molecule is CCOc1ccc(C(=O)OCC(=O)N[C@@H]2CCCc3ccccc32)cc1OCC. The molecule has 6 nitrogen and oxygen atoms in total. The third kappa shape index (κ3) is 5.28. The van der Waals surface area contributed by atoms with E-state index in [1.165, 1.54) is 5.56 Å². The highest BCUT2D eigenvalue weighted by molar-refractivity contribution is 5.92. The number of rotatable bonds is 8. The largest absolute Gasteiger partial charge is 0.490 e. The number of benzene rings is 2. The summed E-state index contributed by atoms with van der Waals surface area (Å²) < 4.78 is 16.2. The van der Waals surface area contributed by atoms with Gasteiger partial charge in [-0.05, 0) is 62.4 Å². The molecule has 6 heteroatoms. The molecule has 0 fully saturated rings. The minimum atomic E-state index is -0.576. The number of amides is 1. The van der Waals surface area contributed by atoms with Crippen LogP contribution in [0.3, 0.4) is 0 Å². The lowest BCUT2D eigenvalue weighted by atomic mass is 9.88. The van der Waals surface area contributed by atoms with Crippen LogP contribution in [0.1, 0.15) is 54.2 Å². The molecule has 1 atom stereocenters. The Hall–Kier alpha value is -3.02. The number of carbonyl (C=O) groups excluding carboxylic acids is 2. The second kappa shape index (κ2) is 9.96. The lowest BCUT2D eigenvalue weighted by molar-refractivity contribution is -0.125. The first-order chi connectivity index (χ1) is 14.1. The first-order valence-electron chi connectivity index (χ1n) is 10.1. The van der Waals surface area contributed by atoms with E-state index in [1.54, 1.807) is 18.2 Å². The fourth-order valence-corrected chi connectivity index (χ4v) is 3.53. The third-order valence-electron chi connectivity index (χ3n) is 4.82. The normalized spacial score (nSPS) is 15.2. The molecule has 0 saturated carbocycles. The number of nitrogens with one attached hydrogen (secondary N) is 1. The van der Waals surface area contributed by atoms with E-state index in [9.17, 15) is 9.59 Å². The lowest BCUT2D eigenvalue weighted by Crippen LogP contribution is -2.34. The predicted molar refractivity (Wildman–Crippen MR) is 109 cm³/mol. The number of hydrogen-bond acceptors (Lipinski definition) is 5. The maximum absolute atomic E-state index is 12.4. The molecule has 2 aromatic rings. The van der Waals surface area contributed by atoms with E-state index < -0.39 is 5.97 Å². The maximum Gasteiger partial charge on any atom is 0.338 e. The van der Waals surface area contributed by atoms with Crippen molar-refractivity contribution in [2.75, 3.05) is 19.8 Å². The van der Waals surface area contributed by atoms with Gasteiger partial charge in [-0.3, -0.25) is 4.79 Å². The van der Waals surface area contributed by atoms with Crippen LogP contribution in [0.5, 0.6) is 11.5 Å². The van der Waals surface area contributed by atoms with E-state index in [4.69, 9.17) is 14.2 Å². The van der Waals surface area contributed by atoms with E-state index in [0.717, 1.165) is 24.8 Å². The number of ether oxygens (including phenoxy) is 3. The molecule has 0 bridgehead atoms. The summed E-state index contributed by atoms with van der Waals surface area (Å²) in [6, 6.07) is 12.9. The minimum Gasteiger partial charge on any atom is -0.490 e. The highest BCUT2D eigenvalue weighted by Gasteiger charge is 2.22. The molecule has 3 rings (SSSR count). The highest BCUT2D eigenvalue weighted by Crippen LogP contribution is 2.30. The van der Waals surface area contributed by atoms with Gasteiger partial charge >= 0.3 is 5.97 Å². The topological polar surface area (TPSA) is 73.9 Å². The molecule has 1 N–H and O–H groups in total. The van der Waals surface area contributed by atoms with Gasteiger partial charge in [0.2, 0.25) is 0 Å². The fourth-order valence-electron chi connectivity index (χ4n) is 3.53. The van der Waals surface area contributed by atoms with Gasteiger partial charge in [0.05, 0.1) is 24.8 Å². The molecule has 0 heterocycles. The fraction of sp³-hybridized carbons (Fsp3) is 0.391. The van der Waals surface area contributed by atoms with Crippen LogP contribution in [-0.4, -0.2) is 31.7 Å². The number of fused-ring (bicyclic) bond motifs is 1. The molecular formula is C23H27NO5. The molecule has 154 valence electrons. The van der Waals surface area contributed by atoms with Crippen molar-refractivity contribution in [2.45, 2.75) is 39.2 Å². The van der Waals surface area contributed by atoms with E-state index in [0.29, 0.717) is 30.3 Å². The zero-order valence-corrected chi connectivity index (χ0v) is 16.9. The Labute approximate surface area is 171 Å². The molecule has 2 aromatic carbocycles. The number of hydrogen-bond donors (Lipinski definition) is 1. The molecule has 0 aromatic heterocycles. The smallest absolute Gasteiger partial charge is 0.338 e. The second-order valence-electron chi connectivity index (χ2n) is 6.81. The first-order valence-corrected chi connectivity index (χ1v) is 10.1. The number of esters is 1. The Balaban J connectivity index is 1.58. The van der Waals surface area contributed by atoms with Gasteiger partial charge in [0.1, 0.15) is 0 Å². The maximum atomic E-state index is 12.4. The number of aryl methyl sites for hydroxylation is 1. The molecular weight excluding hydrogens is 370 g/mol. The van der Waals surface area contributed by atoms with Gasteiger partial charge in [0.25, 0.3) is 5.91 Å². The van der Waals surface area contributed by atoms with E-state index >= 15 is 0 Å². The zero-order valence-electron chi connectivity index (χ0n) is 16.9. The summed E-state index contributed by atoms with van der Waals surface area (Å²) in [6.07, 6.45) is 2.93. The minimum absolute atomic E-state index is 0.0406. The van der Waals surface area contributed by atoms with Crippen LogP contribution in [0, 0.1) is 0 Å². The standard InChI is InChI=1S/C23H27NO5/c1-3-27-20-13-12-17(14-21(20)28-4-2)23(26)29-15-22(25)24-19-11-7-9-16-8-5-6-10-18(16)19/h5-6,8,10,12-14,19H,3-4,7,9,11,15H2,1-2H3,(H,24,25)/t19-/m1/s1. The van der Waals surface area contributed by atoms with Crippen LogP contribution in [0.15, 0.2) is 42.5 Å². The molecule has 0 radical (unpaired) electrons. The molecule has 1 aliphatic rings. The van der Waals surface area contributed by atoms with Crippen molar-refractivity contribution in [1.29, 1.82) is 0 Å². The van der Waals surface area contributed by atoms with Crippen LogP contribution in [0.2, 0.25) is 0 Å². The van der Waals surface area contributed by atoms with Crippen molar-refractivity contribution in [3.8, 4) is 11.5 Å². The highest BCUT2D eigenvalue weighted by atomic mass is 16.5. The van der Waals surface area contributed by atoms with E-state index in [-0.39, 0.29) is 18.6 Å². The van der Waals surface area contributed by atoms with Crippen molar-refractivity contribution in [1.82, 2.24) is 5.32 Å². The average Bonchev–Trinajstić information content (AvgIpc) is 2.74. The van der Waals surface area contributed by atoms with Gasteiger partial charge in [0, 0.05) is 0 Å². The van der Waals surface area contributed by atoms with Crippen LogP contribution in [0.25, 0.3) is 0 Å². The Bertz CT molecular complexity index is 864. The van der Waals surface area contributed by atoms with Crippen molar-refractivity contribution in [2.24, 2.45) is 0 Å². The summed E-state index contributed by atoms with van der Waals surface area (Å²) >= 11 is 0. The molecule has 1 amide bonds. The zero-order chi connectivity index (χ0) is 20.6. The van der Waals surface area contributed by atoms with E-state index in [1.807, 2.05) is 32.0 Å². The van der Waals surface area contributed by atoms with Gasteiger partial charge in [-0.2, -0.15) is 0 Å². The molecule has 0 saturated heterocycles. The Morgan fingerprint density at radius 2 is 1.79 bits per heavy atom.